The number of ether oxygens (including phenoxy) is 4. The number of benzene rings is 1. The van der Waals surface area contributed by atoms with E-state index in [1.54, 1.807) is 7.11 Å². The van der Waals surface area contributed by atoms with Gasteiger partial charge in [0.2, 0.25) is 18.4 Å². The minimum absolute atomic E-state index is 0.0896. The molecule has 0 radical (unpaired) electrons. The summed E-state index contributed by atoms with van der Waals surface area (Å²) in [4.78, 5) is 13.9. The number of nitrogens with one attached hydrogen (secondary N) is 1. The molecule has 7 nitrogen and oxygen atoms in total. The molecule has 3 aliphatic rings. The van der Waals surface area contributed by atoms with E-state index < -0.39 is 0 Å². The monoisotopic (exact) mass is 348 g/mol. The summed E-state index contributed by atoms with van der Waals surface area (Å²) in [5.74, 6) is 2.24. The highest BCUT2D eigenvalue weighted by Crippen LogP contribution is 2.42. The van der Waals surface area contributed by atoms with Crippen LogP contribution in [0.2, 0.25) is 0 Å². The first kappa shape index (κ1) is 16.5. The van der Waals surface area contributed by atoms with Crippen LogP contribution in [0.3, 0.4) is 0 Å². The normalized spacial score (nSPS) is 22.5. The second kappa shape index (κ2) is 6.72. The fourth-order valence-electron chi connectivity index (χ4n) is 3.73. The van der Waals surface area contributed by atoms with Gasteiger partial charge in [-0.15, -0.1) is 0 Å². The third kappa shape index (κ3) is 3.39. The van der Waals surface area contributed by atoms with Crippen molar-refractivity contribution in [2.45, 2.75) is 31.4 Å². The summed E-state index contributed by atoms with van der Waals surface area (Å²) in [6.07, 6.45) is 2.31. The number of hydrogen-bond acceptors (Lipinski definition) is 6. The van der Waals surface area contributed by atoms with Crippen LogP contribution in [0.5, 0.6) is 17.2 Å². The van der Waals surface area contributed by atoms with Gasteiger partial charge in [-0.3, -0.25) is 9.69 Å². The zero-order valence-corrected chi connectivity index (χ0v) is 14.5. The third-order valence-electron chi connectivity index (χ3n) is 5.24. The van der Waals surface area contributed by atoms with Crippen molar-refractivity contribution >= 4 is 5.91 Å². The van der Waals surface area contributed by atoms with Gasteiger partial charge in [0.15, 0.2) is 11.5 Å². The Morgan fingerprint density at radius 3 is 2.92 bits per heavy atom. The summed E-state index contributed by atoms with van der Waals surface area (Å²) in [7, 11) is 1.64. The van der Waals surface area contributed by atoms with E-state index in [4.69, 9.17) is 18.9 Å². The summed E-state index contributed by atoms with van der Waals surface area (Å²) >= 11 is 0. The number of likely N-dealkylation sites (tertiary alicyclic amines) is 1. The van der Waals surface area contributed by atoms with Crippen LogP contribution in [-0.2, 0) is 16.1 Å². The number of piperidine rings is 1. The third-order valence-corrected chi connectivity index (χ3v) is 5.24. The molecule has 0 atom stereocenters. The van der Waals surface area contributed by atoms with Crippen molar-refractivity contribution in [2.75, 3.05) is 40.1 Å². The van der Waals surface area contributed by atoms with E-state index in [-0.39, 0.29) is 18.3 Å². The highest BCUT2D eigenvalue weighted by molar-refractivity contribution is 5.76. The highest BCUT2D eigenvalue weighted by Gasteiger charge is 2.37. The first-order valence-corrected chi connectivity index (χ1v) is 8.77. The van der Waals surface area contributed by atoms with Gasteiger partial charge in [0, 0.05) is 32.6 Å². The number of carbonyl (C=O) groups is 1. The van der Waals surface area contributed by atoms with Crippen molar-refractivity contribution in [1.82, 2.24) is 10.2 Å². The molecular formula is C18H24N2O5. The molecule has 0 aliphatic carbocycles. The fraction of sp³-hybridized carbons (Fsp3) is 0.611. The van der Waals surface area contributed by atoms with Gasteiger partial charge in [0.1, 0.15) is 0 Å². The Labute approximate surface area is 147 Å². The van der Waals surface area contributed by atoms with Gasteiger partial charge in [-0.25, -0.2) is 0 Å². The average molecular weight is 348 g/mol. The van der Waals surface area contributed by atoms with Gasteiger partial charge < -0.3 is 24.3 Å². The van der Waals surface area contributed by atoms with E-state index >= 15 is 0 Å². The Bertz CT molecular complexity index is 655. The van der Waals surface area contributed by atoms with E-state index in [0.29, 0.717) is 31.1 Å². The molecule has 1 spiro atoms. The molecule has 0 aromatic heterocycles. The van der Waals surface area contributed by atoms with Crippen molar-refractivity contribution < 1.29 is 23.7 Å². The molecule has 0 unspecified atom stereocenters. The number of rotatable bonds is 3. The molecule has 3 heterocycles. The summed E-state index contributed by atoms with van der Waals surface area (Å²) in [6, 6.07) is 4.04. The Balaban J connectivity index is 1.40. The Kier molecular flexibility index (Phi) is 4.43. The Hall–Kier alpha value is -1.99. The van der Waals surface area contributed by atoms with Crippen LogP contribution < -0.4 is 19.5 Å². The van der Waals surface area contributed by atoms with Gasteiger partial charge in [0.05, 0.1) is 19.3 Å². The lowest BCUT2D eigenvalue weighted by atomic mass is 9.90. The molecule has 1 amide bonds. The molecule has 0 saturated carbocycles. The summed E-state index contributed by atoms with van der Waals surface area (Å²) in [6.45, 7) is 4.09. The van der Waals surface area contributed by atoms with Crippen molar-refractivity contribution in [3.63, 3.8) is 0 Å². The second-order valence-electron chi connectivity index (χ2n) is 6.87. The SMILES string of the molecule is COc1cc(CN2CCC3(CC2)CNC(=O)CCO3)cc2c1OCO2. The maximum Gasteiger partial charge on any atom is 0.231 e. The zero-order chi connectivity index (χ0) is 17.3. The second-order valence-corrected chi connectivity index (χ2v) is 6.87. The molecule has 1 aromatic rings. The smallest absolute Gasteiger partial charge is 0.231 e. The molecular weight excluding hydrogens is 324 g/mol. The lowest BCUT2D eigenvalue weighted by Crippen LogP contribution is -2.50. The van der Waals surface area contributed by atoms with Crippen LogP contribution in [0.25, 0.3) is 0 Å². The molecule has 1 N–H and O–H groups in total. The standard InChI is InChI=1S/C18H24N2O5/c1-22-14-8-13(9-15-17(14)24-12-23-15)10-20-5-3-18(4-6-20)11-19-16(21)2-7-25-18/h8-9H,2-7,10-12H2,1H3,(H,19,21). The van der Waals surface area contributed by atoms with Crippen molar-refractivity contribution in [2.24, 2.45) is 0 Å². The Morgan fingerprint density at radius 2 is 2.12 bits per heavy atom. The molecule has 0 bridgehead atoms. The van der Waals surface area contributed by atoms with Gasteiger partial charge >= 0.3 is 0 Å². The number of methoxy groups -OCH3 is 1. The van der Waals surface area contributed by atoms with Crippen molar-refractivity contribution in [3.05, 3.63) is 17.7 Å². The molecule has 1 aromatic carbocycles. The lowest BCUT2D eigenvalue weighted by Gasteiger charge is -2.40. The Morgan fingerprint density at radius 1 is 1.28 bits per heavy atom. The van der Waals surface area contributed by atoms with Gasteiger partial charge in [0.25, 0.3) is 0 Å². The van der Waals surface area contributed by atoms with E-state index in [9.17, 15) is 4.79 Å². The van der Waals surface area contributed by atoms with Crippen LogP contribution in [0.1, 0.15) is 24.8 Å². The van der Waals surface area contributed by atoms with Crippen LogP contribution in [0.15, 0.2) is 12.1 Å². The molecule has 2 fully saturated rings. The summed E-state index contributed by atoms with van der Waals surface area (Å²) < 4.78 is 22.4. The number of amides is 1. The maximum absolute atomic E-state index is 11.5. The van der Waals surface area contributed by atoms with Gasteiger partial charge in [-0.1, -0.05) is 0 Å². The number of fused-ring (bicyclic) bond motifs is 1. The molecule has 2 saturated heterocycles. The largest absolute Gasteiger partial charge is 0.493 e. The average Bonchev–Trinajstić information content (AvgIpc) is 3.02. The maximum atomic E-state index is 11.5. The topological polar surface area (TPSA) is 69.3 Å². The first-order chi connectivity index (χ1) is 12.2. The molecule has 136 valence electrons. The summed E-state index contributed by atoms with van der Waals surface area (Å²) in [5, 5.41) is 2.98. The molecule has 25 heavy (non-hydrogen) atoms. The van der Waals surface area contributed by atoms with E-state index in [0.717, 1.165) is 43.8 Å². The predicted octanol–water partition coefficient (Wildman–Crippen LogP) is 1.29. The lowest BCUT2D eigenvalue weighted by molar-refractivity contribution is -0.120. The van der Waals surface area contributed by atoms with Gasteiger partial charge in [-0.2, -0.15) is 0 Å². The minimum atomic E-state index is -0.199. The zero-order valence-electron chi connectivity index (χ0n) is 14.5. The van der Waals surface area contributed by atoms with Gasteiger partial charge in [-0.05, 0) is 30.5 Å². The molecule has 7 heteroatoms. The summed E-state index contributed by atoms with van der Waals surface area (Å²) in [5.41, 5.74) is 0.946. The van der Waals surface area contributed by atoms with Crippen LogP contribution in [0, 0.1) is 0 Å². The number of nitrogens with zero attached hydrogens (tertiary/aromatic N) is 1. The van der Waals surface area contributed by atoms with Crippen molar-refractivity contribution in [3.8, 4) is 17.2 Å². The van der Waals surface area contributed by atoms with E-state index in [2.05, 4.69) is 10.2 Å². The van der Waals surface area contributed by atoms with E-state index in [1.165, 1.54) is 0 Å². The van der Waals surface area contributed by atoms with Crippen LogP contribution >= 0.6 is 0 Å². The quantitative estimate of drug-likeness (QED) is 0.888. The number of hydrogen-bond donors (Lipinski definition) is 1. The van der Waals surface area contributed by atoms with Crippen LogP contribution in [0.4, 0.5) is 0 Å². The van der Waals surface area contributed by atoms with Crippen molar-refractivity contribution in [1.29, 1.82) is 0 Å². The predicted molar refractivity (Wildman–Crippen MR) is 89.9 cm³/mol. The highest BCUT2D eigenvalue weighted by atomic mass is 16.7. The minimum Gasteiger partial charge on any atom is -0.493 e. The molecule has 4 rings (SSSR count). The van der Waals surface area contributed by atoms with Crippen LogP contribution in [-0.4, -0.2) is 56.6 Å². The molecule has 3 aliphatic heterocycles. The first-order valence-electron chi connectivity index (χ1n) is 8.77. The number of carbonyl (C=O) groups excluding carboxylic acids is 1. The fourth-order valence-corrected chi connectivity index (χ4v) is 3.73. The van der Waals surface area contributed by atoms with E-state index in [1.807, 2.05) is 12.1 Å².